The lowest BCUT2D eigenvalue weighted by Crippen LogP contribution is -2.32. The number of thioether (sulfide) groups is 1. The fourth-order valence-electron chi connectivity index (χ4n) is 2.49. The molecule has 1 aliphatic rings. The highest BCUT2D eigenvalue weighted by Gasteiger charge is 2.22. The van der Waals surface area contributed by atoms with Crippen molar-refractivity contribution in [3.05, 3.63) is 53.3 Å². The third-order valence-corrected chi connectivity index (χ3v) is 4.85. The Morgan fingerprint density at radius 1 is 1.16 bits per heavy atom. The maximum atomic E-state index is 11.4. The van der Waals surface area contributed by atoms with Crippen LogP contribution in [0, 0.1) is 13.8 Å². The van der Waals surface area contributed by atoms with Gasteiger partial charge in [0.15, 0.2) is 5.50 Å². The Bertz CT molecular complexity index is 894. The fraction of sp³-hybridized carbons (Fsp3) is 0.250. The number of nitrogens with one attached hydrogen (secondary N) is 2. The third kappa shape index (κ3) is 4.64. The van der Waals surface area contributed by atoms with Gasteiger partial charge in [0, 0.05) is 23.3 Å². The number of anilines is 3. The Balaban J connectivity index is 1.81. The van der Waals surface area contributed by atoms with Crippen molar-refractivity contribution in [1.29, 1.82) is 0 Å². The maximum absolute atomic E-state index is 11.4. The molecule has 3 rings (SSSR count). The molecule has 0 radical (unpaired) electrons. The molecule has 0 fully saturated rings. The van der Waals surface area contributed by atoms with E-state index in [0.29, 0.717) is 11.6 Å². The van der Waals surface area contributed by atoms with Gasteiger partial charge in [0.2, 0.25) is 16.0 Å². The monoisotopic (exact) mass is 377 g/mol. The number of hydrogen-bond acceptors (Lipinski definition) is 7. The van der Waals surface area contributed by atoms with Crippen molar-refractivity contribution in [2.75, 3.05) is 21.2 Å². The fourth-order valence-corrected chi connectivity index (χ4v) is 3.89. The van der Waals surface area contributed by atoms with E-state index in [1.165, 1.54) is 0 Å². The smallest absolute Gasteiger partial charge is 0.229 e. The molecule has 1 aliphatic heterocycles. The average molecular weight is 377 g/mol. The van der Waals surface area contributed by atoms with Gasteiger partial charge in [-0.1, -0.05) is 17.8 Å². The van der Waals surface area contributed by atoms with E-state index in [0.717, 1.165) is 23.3 Å². The summed E-state index contributed by atoms with van der Waals surface area (Å²) in [6.45, 7) is 3.86. The van der Waals surface area contributed by atoms with Gasteiger partial charge < -0.3 is 10.2 Å². The molecule has 1 aromatic heterocycles. The number of aromatic nitrogens is 2. The molecule has 0 amide bonds. The number of nitrogens with zero attached hydrogens (tertiary/aromatic N) is 3. The van der Waals surface area contributed by atoms with E-state index in [-0.39, 0.29) is 5.50 Å². The van der Waals surface area contributed by atoms with Crippen LogP contribution in [-0.2, 0) is 10.0 Å². The predicted octanol–water partition coefficient (Wildman–Crippen LogP) is 2.89. The second kappa shape index (κ2) is 6.93. The van der Waals surface area contributed by atoms with E-state index in [9.17, 15) is 8.42 Å². The summed E-state index contributed by atoms with van der Waals surface area (Å²) in [5.41, 5.74) is 3.06. The molecule has 2 heterocycles. The van der Waals surface area contributed by atoms with Crippen LogP contribution in [0.5, 0.6) is 0 Å². The second-order valence-corrected chi connectivity index (χ2v) is 8.46. The molecule has 1 atom stereocenters. The number of aryl methyl sites for hydroxylation is 2. The minimum absolute atomic E-state index is 0.116. The lowest BCUT2D eigenvalue weighted by atomic mass is 10.2. The van der Waals surface area contributed by atoms with Gasteiger partial charge in [-0.15, -0.1) is 0 Å². The maximum Gasteiger partial charge on any atom is 0.229 e. The molecule has 132 valence electrons. The summed E-state index contributed by atoms with van der Waals surface area (Å²) >= 11 is 1.59. The van der Waals surface area contributed by atoms with Crippen LogP contribution in [0.1, 0.15) is 11.4 Å². The van der Waals surface area contributed by atoms with Crippen molar-refractivity contribution in [2.24, 2.45) is 0 Å². The molecule has 0 saturated heterocycles. The van der Waals surface area contributed by atoms with Crippen molar-refractivity contribution >= 4 is 39.1 Å². The average Bonchev–Trinajstić information content (AvgIpc) is 2.92. The first-order chi connectivity index (χ1) is 11.8. The van der Waals surface area contributed by atoms with Crippen LogP contribution in [0.25, 0.3) is 0 Å². The molecule has 0 spiro atoms. The van der Waals surface area contributed by atoms with Crippen LogP contribution in [0.15, 0.2) is 41.9 Å². The molecule has 0 bridgehead atoms. The van der Waals surface area contributed by atoms with Crippen LogP contribution < -0.4 is 14.9 Å². The van der Waals surface area contributed by atoms with Gasteiger partial charge in [-0.3, -0.25) is 4.72 Å². The zero-order chi connectivity index (χ0) is 18.0. The van der Waals surface area contributed by atoms with E-state index >= 15 is 0 Å². The summed E-state index contributed by atoms with van der Waals surface area (Å²) in [6.07, 6.45) is 3.07. The molecule has 1 aromatic carbocycles. The Morgan fingerprint density at radius 2 is 1.88 bits per heavy atom. The van der Waals surface area contributed by atoms with Gasteiger partial charge in [-0.05, 0) is 43.5 Å². The van der Waals surface area contributed by atoms with E-state index in [4.69, 9.17) is 0 Å². The SMILES string of the molecule is Cc1cc(C)nc(NC2SC=CN2c2cccc(NS(C)(=O)=O)c2)n1. The minimum atomic E-state index is -3.32. The third-order valence-electron chi connectivity index (χ3n) is 3.36. The Labute approximate surface area is 151 Å². The standard InChI is InChI=1S/C16H19N5O2S2/c1-11-9-12(2)18-15(17-11)19-16-21(7-8-24-16)14-6-4-5-13(10-14)20-25(3,22)23/h4-10,16,20H,1-3H3,(H,17,18,19). The van der Waals surface area contributed by atoms with Crippen molar-refractivity contribution < 1.29 is 8.42 Å². The molecule has 2 N–H and O–H groups in total. The topological polar surface area (TPSA) is 87.2 Å². The van der Waals surface area contributed by atoms with Crippen LogP contribution in [0.4, 0.5) is 17.3 Å². The molecule has 7 nitrogen and oxygen atoms in total. The highest BCUT2D eigenvalue weighted by atomic mass is 32.2. The van der Waals surface area contributed by atoms with Crippen LogP contribution in [0.2, 0.25) is 0 Å². The van der Waals surface area contributed by atoms with Crippen LogP contribution in [-0.4, -0.2) is 30.1 Å². The van der Waals surface area contributed by atoms with Crippen LogP contribution >= 0.6 is 11.8 Å². The zero-order valence-corrected chi connectivity index (χ0v) is 15.7. The summed E-state index contributed by atoms with van der Waals surface area (Å²) < 4.78 is 25.4. The Kier molecular flexibility index (Phi) is 4.87. The Hall–Kier alpha value is -2.26. The molecule has 9 heteroatoms. The van der Waals surface area contributed by atoms with Crippen LogP contribution in [0.3, 0.4) is 0 Å². The Morgan fingerprint density at radius 3 is 2.56 bits per heavy atom. The van der Waals surface area contributed by atoms with E-state index in [1.807, 2.05) is 48.6 Å². The predicted molar refractivity (Wildman–Crippen MR) is 103 cm³/mol. The first-order valence-electron chi connectivity index (χ1n) is 7.57. The summed E-state index contributed by atoms with van der Waals surface area (Å²) in [7, 11) is -3.32. The van der Waals surface area contributed by atoms with E-state index < -0.39 is 10.0 Å². The quantitative estimate of drug-likeness (QED) is 0.828. The van der Waals surface area contributed by atoms with Gasteiger partial charge in [0.05, 0.1) is 11.9 Å². The van der Waals surface area contributed by atoms with Crippen molar-refractivity contribution in [3.8, 4) is 0 Å². The summed E-state index contributed by atoms with van der Waals surface area (Å²) in [5.74, 6) is 0.564. The zero-order valence-electron chi connectivity index (χ0n) is 14.1. The minimum Gasteiger partial charge on any atom is -0.325 e. The normalized spacial score (nSPS) is 16.9. The van der Waals surface area contributed by atoms with Crippen molar-refractivity contribution in [3.63, 3.8) is 0 Å². The van der Waals surface area contributed by atoms with Crippen molar-refractivity contribution in [2.45, 2.75) is 19.3 Å². The molecule has 2 aromatic rings. The lowest BCUT2D eigenvalue weighted by Gasteiger charge is -2.26. The molecule has 0 aliphatic carbocycles. The highest BCUT2D eigenvalue weighted by molar-refractivity contribution is 8.03. The summed E-state index contributed by atoms with van der Waals surface area (Å²) in [6, 6.07) is 9.15. The first kappa shape index (κ1) is 17.6. The largest absolute Gasteiger partial charge is 0.325 e. The number of benzene rings is 1. The lowest BCUT2D eigenvalue weighted by molar-refractivity contribution is 0.607. The van der Waals surface area contributed by atoms with Gasteiger partial charge in [0.1, 0.15) is 0 Å². The van der Waals surface area contributed by atoms with E-state index in [2.05, 4.69) is 20.0 Å². The second-order valence-electron chi connectivity index (χ2n) is 5.72. The number of hydrogen-bond donors (Lipinski definition) is 2. The molecular weight excluding hydrogens is 358 g/mol. The number of rotatable bonds is 5. The molecule has 0 saturated carbocycles. The molecule has 1 unspecified atom stereocenters. The highest BCUT2D eigenvalue weighted by Crippen LogP contribution is 2.32. The van der Waals surface area contributed by atoms with E-state index in [1.54, 1.807) is 23.9 Å². The summed E-state index contributed by atoms with van der Waals surface area (Å²) in [4.78, 5) is 10.8. The van der Waals surface area contributed by atoms with Gasteiger partial charge >= 0.3 is 0 Å². The van der Waals surface area contributed by atoms with Gasteiger partial charge in [-0.25, -0.2) is 18.4 Å². The molecule has 25 heavy (non-hydrogen) atoms. The molecular formula is C16H19N5O2S2. The number of sulfonamides is 1. The summed E-state index contributed by atoms with van der Waals surface area (Å²) in [5, 5.41) is 5.27. The first-order valence-corrected chi connectivity index (χ1v) is 10.4. The van der Waals surface area contributed by atoms with Crippen molar-refractivity contribution in [1.82, 2.24) is 9.97 Å². The van der Waals surface area contributed by atoms with Gasteiger partial charge in [-0.2, -0.15) is 0 Å². The van der Waals surface area contributed by atoms with Gasteiger partial charge in [0.25, 0.3) is 0 Å².